The summed E-state index contributed by atoms with van der Waals surface area (Å²) in [4.78, 5) is 12.4. The lowest BCUT2D eigenvalue weighted by Crippen LogP contribution is -2.16. The SMILES string of the molecule is COc1cccc([C@H]2SCC(=O)Nc3c2c(C)nn3-c2ccccc2C)c1. The molecule has 0 bridgehead atoms. The number of rotatable bonds is 3. The maximum atomic E-state index is 12.4. The minimum Gasteiger partial charge on any atom is -0.497 e. The fourth-order valence-corrected chi connectivity index (χ4v) is 4.60. The van der Waals surface area contributed by atoms with Crippen molar-refractivity contribution in [3.8, 4) is 11.4 Å². The number of carbonyl (C=O) groups excluding carboxylic acids is 1. The van der Waals surface area contributed by atoms with E-state index in [4.69, 9.17) is 9.84 Å². The third-order valence-corrected chi connectivity index (χ3v) is 6.02. The van der Waals surface area contributed by atoms with Crippen LogP contribution in [0.1, 0.15) is 27.6 Å². The fraction of sp³-hybridized carbons (Fsp3) is 0.238. The van der Waals surface area contributed by atoms with E-state index in [1.165, 1.54) is 0 Å². The molecule has 2 aromatic carbocycles. The molecule has 1 N–H and O–H groups in total. The van der Waals surface area contributed by atoms with Gasteiger partial charge in [-0.25, -0.2) is 4.68 Å². The zero-order chi connectivity index (χ0) is 19.0. The van der Waals surface area contributed by atoms with Crippen LogP contribution in [0.25, 0.3) is 5.69 Å². The third-order valence-electron chi connectivity index (χ3n) is 4.75. The fourth-order valence-electron chi connectivity index (χ4n) is 3.43. The van der Waals surface area contributed by atoms with Crippen molar-refractivity contribution in [2.24, 2.45) is 0 Å². The summed E-state index contributed by atoms with van der Waals surface area (Å²) >= 11 is 1.61. The molecule has 0 spiro atoms. The maximum Gasteiger partial charge on any atom is 0.235 e. The molecule has 138 valence electrons. The van der Waals surface area contributed by atoms with Gasteiger partial charge in [-0.1, -0.05) is 30.3 Å². The number of nitrogens with one attached hydrogen (secondary N) is 1. The van der Waals surface area contributed by atoms with Gasteiger partial charge in [0.1, 0.15) is 11.6 Å². The topological polar surface area (TPSA) is 56.1 Å². The number of benzene rings is 2. The van der Waals surface area contributed by atoms with Crippen LogP contribution in [0.2, 0.25) is 0 Å². The summed E-state index contributed by atoms with van der Waals surface area (Å²) in [7, 11) is 1.66. The Hall–Kier alpha value is -2.73. The van der Waals surface area contributed by atoms with Crippen molar-refractivity contribution in [1.82, 2.24) is 9.78 Å². The summed E-state index contributed by atoms with van der Waals surface area (Å²) in [5, 5.41) is 7.86. The molecule has 0 fully saturated rings. The van der Waals surface area contributed by atoms with Crippen molar-refractivity contribution >= 4 is 23.5 Å². The first kappa shape index (κ1) is 17.7. The van der Waals surface area contributed by atoms with E-state index in [0.29, 0.717) is 5.75 Å². The number of amides is 1. The molecule has 1 atom stereocenters. The number of nitrogens with zero attached hydrogens (tertiary/aromatic N) is 2. The van der Waals surface area contributed by atoms with Crippen molar-refractivity contribution in [2.75, 3.05) is 18.2 Å². The molecule has 0 saturated heterocycles. The van der Waals surface area contributed by atoms with Crippen molar-refractivity contribution in [3.05, 3.63) is 70.9 Å². The molecule has 1 aromatic heterocycles. The number of fused-ring (bicyclic) bond motifs is 1. The van der Waals surface area contributed by atoms with Gasteiger partial charge in [0.05, 0.1) is 29.5 Å². The lowest BCUT2D eigenvalue weighted by molar-refractivity contribution is -0.113. The molecule has 5 nitrogen and oxygen atoms in total. The Morgan fingerprint density at radius 1 is 1.19 bits per heavy atom. The Kier molecular flexibility index (Phi) is 4.66. The number of anilines is 1. The highest BCUT2D eigenvalue weighted by molar-refractivity contribution is 8.00. The van der Waals surface area contributed by atoms with E-state index in [2.05, 4.69) is 11.4 Å². The number of thioether (sulfide) groups is 1. The highest BCUT2D eigenvalue weighted by Gasteiger charge is 2.31. The maximum absolute atomic E-state index is 12.4. The number of ether oxygens (including phenoxy) is 1. The van der Waals surface area contributed by atoms with E-state index < -0.39 is 0 Å². The Morgan fingerprint density at radius 3 is 2.78 bits per heavy atom. The first-order valence-electron chi connectivity index (χ1n) is 8.79. The average Bonchev–Trinajstić information content (AvgIpc) is 2.87. The van der Waals surface area contributed by atoms with Crippen LogP contribution in [0.15, 0.2) is 48.5 Å². The molecule has 6 heteroatoms. The summed E-state index contributed by atoms with van der Waals surface area (Å²) in [6.07, 6.45) is 0. The molecule has 4 rings (SSSR count). The zero-order valence-corrected chi connectivity index (χ0v) is 16.3. The van der Waals surface area contributed by atoms with Gasteiger partial charge in [0.2, 0.25) is 5.91 Å². The summed E-state index contributed by atoms with van der Waals surface area (Å²) in [6.45, 7) is 4.05. The molecule has 0 saturated carbocycles. The Bertz CT molecular complexity index is 1010. The number of hydrogen-bond donors (Lipinski definition) is 1. The van der Waals surface area contributed by atoms with Gasteiger partial charge in [0.15, 0.2) is 0 Å². The van der Waals surface area contributed by atoms with Crippen LogP contribution in [0.3, 0.4) is 0 Å². The number of para-hydroxylation sites is 1. The molecule has 1 aliphatic rings. The Morgan fingerprint density at radius 2 is 2.00 bits per heavy atom. The second-order valence-corrected chi connectivity index (χ2v) is 7.66. The van der Waals surface area contributed by atoms with Gasteiger partial charge >= 0.3 is 0 Å². The lowest BCUT2D eigenvalue weighted by atomic mass is 10.0. The Labute approximate surface area is 162 Å². The molecule has 0 aliphatic carbocycles. The van der Waals surface area contributed by atoms with Gasteiger partial charge < -0.3 is 10.1 Å². The summed E-state index contributed by atoms with van der Waals surface area (Å²) in [5.41, 5.74) is 5.13. The number of aryl methyl sites for hydroxylation is 2. The monoisotopic (exact) mass is 379 g/mol. The molecule has 27 heavy (non-hydrogen) atoms. The molecule has 2 heterocycles. The first-order valence-corrected chi connectivity index (χ1v) is 9.84. The minimum absolute atomic E-state index is 0.00631. The predicted octanol–water partition coefficient (Wildman–Crippen LogP) is 4.27. The number of carbonyl (C=O) groups is 1. The van der Waals surface area contributed by atoms with Crippen LogP contribution < -0.4 is 10.1 Å². The van der Waals surface area contributed by atoms with E-state index in [0.717, 1.165) is 39.6 Å². The number of methoxy groups -OCH3 is 1. The summed E-state index contributed by atoms with van der Waals surface area (Å²) in [6, 6.07) is 16.1. The summed E-state index contributed by atoms with van der Waals surface area (Å²) < 4.78 is 7.25. The van der Waals surface area contributed by atoms with Crippen LogP contribution in [-0.2, 0) is 4.79 Å². The van der Waals surface area contributed by atoms with Crippen molar-refractivity contribution in [3.63, 3.8) is 0 Å². The van der Waals surface area contributed by atoms with Gasteiger partial charge in [0.25, 0.3) is 0 Å². The quantitative estimate of drug-likeness (QED) is 0.738. The van der Waals surface area contributed by atoms with Crippen LogP contribution in [0, 0.1) is 13.8 Å². The highest BCUT2D eigenvalue weighted by Crippen LogP contribution is 2.44. The van der Waals surface area contributed by atoms with Crippen molar-refractivity contribution in [2.45, 2.75) is 19.1 Å². The Balaban J connectivity index is 1.90. The largest absolute Gasteiger partial charge is 0.497 e. The molecule has 3 aromatic rings. The number of hydrogen-bond acceptors (Lipinski definition) is 4. The van der Waals surface area contributed by atoms with Crippen LogP contribution in [0.4, 0.5) is 5.82 Å². The van der Waals surface area contributed by atoms with Gasteiger partial charge in [-0.3, -0.25) is 4.79 Å². The van der Waals surface area contributed by atoms with E-state index in [1.54, 1.807) is 18.9 Å². The van der Waals surface area contributed by atoms with E-state index >= 15 is 0 Å². The van der Waals surface area contributed by atoms with Crippen LogP contribution in [0.5, 0.6) is 5.75 Å². The second-order valence-electron chi connectivity index (χ2n) is 6.56. The van der Waals surface area contributed by atoms with Crippen LogP contribution >= 0.6 is 11.8 Å². The van der Waals surface area contributed by atoms with E-state index in [-0.39, 0.29) is 11.2 Å². The van der Waals surface area contributed by atoms with Gasteiger partial charge in [-0.15, -0.1) is 11.8 Å². The molecule has 0 radical (unpaired) electrons. The van der Waals surface area contributed by atoms with Gasteiger partial charge in [-0.2, -0.15) is 5.10 Å². The lowest BCUT2D eigenvalue weighted by Gasteiger charge is -2.16. The normalized spacial score (nSPS) is 16.4. The molecular weight excluding hydrogens is 358 g/mol. The zero-order valence-electron chi connectivity index (χ0n) is 15.5. The van der Waals surface area contributed by atoms with Crippen molar-refractivity contribution in [1.29, 1.82) is 0 Å². The highest BCUT2D eigenvalue weighted by atomic mass is 32.2. The predicted molar refractivity (Wildman–Crippen MR) is 109 cm³/mol. The molecule has 1 aliphatic heterocycles. The number of aromatic nitrogens is 2. The van der Waals surface area contributed by atoms with Gasteiger partial charge in [0, 0.05) is 5.56 Å². The molecule has 0 unspecified atom stereocenters. The van der Waals surface area contributed by atoms with Crippen LogP contribution in [-0.4, -0.2) is 28.6 Å². The molecule has 1 amide bonds. The third kappa shape index (κ3) is 3.21. The molecular formula is C21H21N3O2S. The summed E-state index contributed by atoms with van der Waals surface area (Å²) in [5.74, 6) is 1.94. The standard InChI is InChI=1S/C21H21N3O2S/c1-13-7-4-5-10-17(13)24-21-19(14(2)23-24)20(27-12-18(25)22-21)15-8-6-9-16(11-15)26-3/h4-11,20H,12H2,1-3H3,(H,22,25)/t20-/m1/s1. The second kappa shape index (κ2) is 7.12. The first-order chi connectivity index (χ1) is 13.1. The van der Waals surface area contributed by atoms with Crippen molar-refractivity contribution < 1.29 is 9.53 Å². The smallest absolute Gasteiger partial charge is 0.235 e. The minimum atomic E-state index is -0.0126. The van der Waals surface area contributed by atoms with E-state index in [1.807, 2.05) is 61.0 Å². The van der Waals surface area contributed by atoms with E-state index in [9.17, 15) is 4.79 Å². The average molecular weight is 379 g/mol. The van der Waals surface area contributed by atoms with Gasteiger partial charge in [-0.05, 0) is 43.2 Å².